The zero-order chi connectivity index (χ0) is 21.4. The number of nitrogens with zero attached hydrogens (tertiary/aromatic N) is 1. The number of aromatic hydroxyl groups is 1. The summed E-state index contributed by atoms with van der Waals surface area (Å²) in [4.78, 5) is 36.5. The maximum Gasteiger partial charge on any atom is 0.281 e. The summed E-state index contributed by atoms with van der Waals surface area (Å²) in [7, 11) is 0. The molecule has 2 aromatic rings. The number of phenols is 1. The molecule has 0 heterocycles. The molecule has 0 unspecified atom stereocenters. The lowest BCUT2D eigenvalue weighted by Crippen LogP contribution is -2.34. The van der Waals surface area contributed by atoms with E-state index in [1.54, 1.807) is 24.3 Å². The first-order chi connectivity index (χ1) is 13.9. The number of Topliss-reactive ketones (excluding diaryl/α,β-unsaturated/α-hetero) is 2. The van der Waals surface area contributed by atoms with E-state index in [9.17, 15) is 24.8 Å². The fourth-order valence-electron chi connectivity index (χ4n) is 3.14. The molecule has 1 atom stereocenters. The number of nitro benzene ring substituents is 1. The van der Waals surface area contributed by atoms with Crippen LogP contribution in [0.15, 0.2) is 42.5 Å². The van der Waals surface area contributed by atoms with Gasteiger partial charge in [-0.1, -0.05) is 36.8 Å². The fraction of sp³-hybridized carbons (Fsp3) is 0.333. The van der Waals surface area contributed by atoms with Crippen molar-refractivity contribution in [2.75, 3.05) is 6.54 Å². The Morgan fingerprint density at radius 2 is 1.72 bits per heavy atom. The van der Waals surface area contributed by atoms with E-state index < -0.39 is 34.0 Å². The van der Waals surface area contributed by atoms with E-state index in [4.69, 9.17) is 11.5 Å². The highest BCUT2D eigenvalue weighted by atomic mass is 16.6. The van der Waals surface area contributed by atoms with Gasteiger partial charge in [0.15, 0.2) is 11.6 Å². The van der Waals surface area contributed by atoms with Crippen LogP contribution in [-0.4, -0.2) is 34.2 Å². The van der Waals surface area contributed by atoms with Gasteiger partial charge in [0.05, 0.1) is 16.5 Å². The Kier molecular flexibility index (Phi) is 7.99. The van der Waals surface area contributed by atoms with Gasteiger partial charge in [-0.2, -0.15) is 0 Å². The van der Waals surface area contributed by atoms with Crippen molar-refractivity contribution in [3.63, 3.8) is 0 Å². The molecule has 2 aromatic carbocycles. The Bertz CT molecular complexity index is 883. The van der Waals surface area contributed by atoms with Crippen LogP contribution >= 0.6 is 0 Å². The van der Waals surface area contributed by atoms with Gasteiger partial charge in [-0.25, -0.2) is 0 Å². The minimum Gasteiger partial charge on any atom is -0.507 e. The number of hydrogen-bond acceptors (Lipinski definition) is 7. The Hall–Kier alpha value is -3.10. The molecule has 8 nitrogen and oxygen atoms in total. The van der Waals surface area contributed by atoms with Crippen LogP contribution in [0.4, 0.5) is 5.69 Å². The average Bonchev–Trinajstić information content (AvgIpc) is 2.70. The van der Waals surface area contributed by atoms with Crippen LogP contribution in [0, 0.1) is 10.1 Å². The summed E-state index contributed by atoms with van der Waals surface area (Å²) in [6.45, 7) is 0.485. The Morgan fingerprint density at radius 3 is 2.34 bits per heavy atom. The smallest absolute Gasteiger partial charge is 0.281 e. The van der Waals surface area contributed by atoms with Crippen molar-refractivity contribution in [2.24, 2.45) is 11.5 Å². The summed E-state index contributed by atoms with van der Waals surface area (Å²) in [5.41, 5.74) is 11.0. The van der Waals surface area contributed by atoms with Crippen LogP contribution in [0.25, 0.3) is 0 Å². The van der Waals surface area contributed by atoms with E-state index in [0.717, 1.165) is 24.1 Å². The molecule has 0 bridgehead atoms. The zero-order valence-corrected chi connectivity index (χ0v) is 16.0. The predicted octanol–water partition coefficient (Wildman–Crippen LogP) is 2.75. The zero-order valence-electron chi connectivity index (χ0n) is 16.0. The first-order valence-electron chi connectivity index (χ1n) is 9.44. The maximum absolute atomic E-state index is 13.0. The van der Waals surface area contributed by atoms with Crippen LogP contribution in [0.3, 0.4) is 0 Å². The summed E-state index contributed by atoms with van der Waals surface area (Å²) < 4.78 is 0. The third-order valence-corrected chi connectivity index (χ3v) is 4.63. The first kappa shape index (κ1) is 22.2. The Labute approximate surface area is 168 Å². The largest absolute Gasteiger partial charge is 0.507 e. The van der Waals surface area contributed by atoms with Crippen LogP contribution < -0.4 is 11.5 Å². The average molecular weight is 399 g/mol. The second kappa shape index (κ2) is 10.4. The first-order valence-corrected chi connectivity index (χ1v) is 9.44. The van der Waals surface area contributed by atoms with E-state index in [1.165, 1.54) is 0 Å². The van der Waals surface area contributed by atoms with Gasteiger partial charge in [0, 0.05) is 12.5 Å². The quantitative estimate of drug-likeness (QED) is 0.227. The highest BCUT2D eigenvalue weighted by Crippen LogP contribution is 2.32. The van der Waals surface area contributed by atoms with Crippen molar-refractivity contribution < 1.29 is 19.6 Å². The summed E-state index contributed by atoms with van der Waals surface area (Å²) in [5.74, 6) is -1.77. The monoisotopic (exact) mass is 399 g/mol. The van der Waals surface area contributed by atoms with Crippen LogP contribution in [0.5, 0.6) is 5.75 Å². The van der Waals surface area contributed by atoms with E-state index >= 15 is 0 Å². The number of benzene rings is 2. The van der Waals surface area contributed by atoms with Gasteiger partial charge < -0.3 is 16.6 Å². The SMILES string of the molecule is NCCCCCC(=O)c1c([N+](=O)[O-])ccc(O)c1C(=O)[C@@H](N)Cc1ccccc1. The van der Waals surface area contributed by atoms with Crippen molar-refractivity contribution in [2.45, 2.75) is 38.1 Å². The molecule has 0 spiro atoms. The van der Waals surface area contributed by atoms with Gasteiger partial charge in [0.25, 0.3) is 5.69 Å². The highest BCUT2D eigenvalue weighted by molar-refractivity contribution is 6.14. The minimum atomic E-state index is -1.06. The third-order valence-electron chi connectivity index (χ3n) is 4.63. The van der Waals surface area contributed by atoms with Crippen LogP contribution in [0.1, 0.15) is 52.0 Å². The van der Waals surface area contributed by atoms with E-state index in [-0.39, 0.29) is 24.0 Å². The normalized spacial score (nSPS) is 11.8. The van der Waals surface area contributed by atoms with Gasteiger partial charge in [-0.3, -0.25) is 19.7 Å². The number of rotatable bonds is 11. The van der Waals surface area contributed by atoms with Crippen molar-refractivity contribution in [1.29, 1.82) is 0 Å². The number of carbonyl (C=O) groups is 2. The van der Waals surface area contributed by atoms with E-state index in [1.807, 2.05) is 6.07 Å². The molecule has 8 heteroatoms. The number of hydrogen-bond donors (Lipinski definition) is 3. The molecule has 29 heavy (non-hydrogen) atoms. The maximum atomic E-state index is 13.0. The lowest BCUT2D eigenvalue weighted by molar-refractivity contribution is -0.385. The molecule has 2 rings (SSSR count). The third kappa shape index (κ3) is 5.69. The molecule has 0 aliphatic rings. The fourth-order valence-corrected chi connectivity index (χ4v) is 3.14. The molecule has 5 N–H and O–H groups in total. The molecule has 0 aliphatic carbocycles. The second-order valence-corrected chi connectivity index (χ2v) is 6.79. The summed E-state index contributed by atoms with van der Waals surface area (Å²) in [6, 6.07) is 10.0. The number of nitro groups is 1. The highest BCUT2D eigenvalue weighted by Gasteiger charge is 2.32. The topological polar surface area (TPSA) is 150 Å². The van der Waals surface area contributed by atoms with Gasteiger partial charge >= 0.3 is 0 Å². The number of ketones is 2. The number of unbranched alkanes of at least 4 members (excludes halogenated alkanes) is 2. The van der Waals surface area contributed by atoms with E-state index in [2.05, 4.69) is 0 Å². The standard InChI is InChI=1S/C21H25N3O5/c22-12-6-2-5-9-17(25)19-16(24(28)29)10-11-18(26)20(19)21(27)15(23)13-14-7-3-1-4-8-14/h1,3-4,7-8,10-11,15,26H,2,5-6,9,12-13,22-23H2/t15-/m0/s1. The lowest BCUT2D eigenvalue weighted by Gasteiger charge is -2.15. The molecular formula is C21H25N3O5. The molecule has 0 aliphatic heterocycles. The van der Waals surface area contributed by atoms with Crippen molar-refractivity contribution >= 4 is 17.3 Å². The summed E-state index contributed by atoms with van der Waals surface area (Å²) in [5, 5.41) is 21.7. The summed E-state index contributed by atoms with van der Waals surface area (Å²) >= 11 is 0. The predicted molar refractivity (Wildman–Crippen MR) is 109 cm³/mol. The Morgan fingerprint density at radius 1 is 1.03 bits per heavy atom. The number of phenolic OH excluding ortho intramolecular Hbond substituents is 1. The molecule has 0 saturated heterocycles. The van der Waals surface area contributed by atoms with E-state index in [0.29, 0.717) is 19.4 Å². The molecule has 0 aromatic heterocycles. The lowest BCUT2D eigenvalue weighted by atomic mass is 9.90. The molecule has 0 amide bonds. The van der Waals surface area contributed by atoms with Gasteiger partial charge in [-0.15, -0.1) is 0 Å². The van der Waals surface area contributed by atoms with Crippen LogP contribution in [0.2, 0.25) is 0 Å². The van der Waals surface area contributed by atoms with Crippen molar-refractivity contribution in [3.05, 3.63) is 69.3 Å². The van der Waals surface area contributed by atoms with Crippen molar-refractivity contribution in [1.82, 2.24) is 0 Å². The minimum absolute atomic E-state index is 0.0124. The van der Waals surface area contributed by atoms with Gasteiger partial charge in [-0.05, 0) is 37.4 Å². The second-order valence-electron chi connectivity index (χ2n) is 6.79. The van der Waals surface area contributed by atoms with Gasteiger partial charge in [0.1, 0.15) is 11.3 Å². The molecule has 0 radical (unpaired) electrons. The number of nitrogens with two attached hydrogens (primary N) is 2. The number of carbonyl (C=O) groups excluding carboxylic acids is 2. The summed E-state index contributed by atoms with van der Waals surface area (Å²) in [6.07, 6.45) is 2.08. The Balaban J connectivity index is 2.38. The van der Waals surface area contributed by atoms with Crippen LogP contribution in [-0.2, 0) is 6.42 Å². The molecule has 0 saturated carbocycles. The van der Waals surface area contributed by atoms with Crippen molar-refractivity contribution in [3.8, 4) is 5.75 Å². The van der Waals surface area contributed by atoms with Gasteiger partial charge in [0.2, 0.25) is 0 Å². The molecular weight excluding hydrogens is 374 g/mol. The molecule has 154 valence electrons. The molecule has 0 fully saturated rings.